The van der Waals surface area contributed by atoms with E-state index in [1.54, 1.807) is 0 Å². The van der Waals surface area contributed by atoms with Crippen molar-refractivity contribution in [3.8, 4) is 0 Å². The van der Waals surface area contributed by atoms with E-state index < -0.39 is 11.2 Å². The van der Waals surface area contributed by atoms with Crippen LogP contribution >= 0.6 is 0 Å². The Kier molecular flexibility index (Phi) is 1.92. The number of rotatable bonds is 0. The summed E-state index contributed by atoms with van der Waals surface area (Å²) in [5.41, 5.74) is 0.347. The molecule has 0 unspecified atom stereocenters. The number of fused-ring (bicyclic) bond motifs is 4. The quantitative estimate of drug-likeness (QED) is 0.672. The number of halogens is 1. The van der Waals surface area contributed by atoms with Crippen molar-refractivity contribution in [1.29, 1.82) is 0 Å². The number of hydrogen-bond acceptors (Lipinski definition) is 3. The first-order valence-electron chi connectivity index (χ1n) is 6.06. The van der Waals surface area contributed by atoms with Gasteiger partial charge in [0, 0.05) is 17.7 Å². The Morgan fingerprint density at radius 2 is 2.05 bits per heavy atom. The predicted molar refractivity (Wildman–Crippen MR) is 67.6 cm³/mol. The minimum absolute atomic E-state index is 0.0676. The molecule has 2 aliphatic rings. The first kappa shape index (κ1) is 11.2. The smallest absolute Gasteiger partial charge is 0.240 e. The summed E-state index contributed by atoms with van der Waals surface area (Å²) in [5.74, 6) is -0.714. The fraction of sp³-hybridized carbons (Fsp3) is 0.154. The average molecular weight is 272 g/mol. The van der Waals surface area contributed by atoms with Crippen molar-refractivity contribution < 1.29 is 14.0 Å². The number of nitrogens with one attached hydrogen (secondary N) is 3. The molecule has 0 saturated heterocycles. The van der Waals surface area contributed by atoms with E-state index in [9.17, 15) is 14.0 Å². The Morgan fingerprint density at radius 3 is 2.90 bits per heavy atom. The molecule has 4 rings (SSSR count). The second kappa shape index (κ2) is 3.44. The molecule has 0 aliphatic carbocycles. The second-order valence-electron chi connectivity index (χ2n) is 4.93. The zero-order valence-electron chi connectivity index (χ0n) is 10.2. The Morgan fingerprint density at radius 1 is 1.20 bits per heavy atom. The molecule has 1 aromatic carbocycles. The van der Waals surface area contributed by atoms with Crippen LogP contribution in [-0.4, -0.2) is 22.0 Å². The molecular weight excluding hydrogens is 263 g/mol. The van der Waals surface area contributed by atoms with Crippen LogP contribution in [0.5, 0.6) is 0 Å². The molecule has 1 aromatic heterocycles. The van der Waals surface area contributed by atoms with Crippen molar-refractivity contribution in [3.63, 3.8) is 0 Å². The number of aromatic nitrogens is 2. The minimum Gasteiger partial charge on any atom is -0.325 e. The van der Waals surface area contributed by atoms with Crippen LogP contribution in [0.1, 0.15) is 17.5 Å². The van der Waals surface area contributed by atoms with Gasteiger partial charge in [0.2, 0.25) is 11.8 Å². The Balaban J connectivity index is 2.05. The number of amides is 2. The molecule has 1 spiro atoms. The fourth-order valence-corrected chi connectivity index (χ4v) is 3.00. The first-order valence-corrected chi connectivity index (χ1v) is 6.06. The van der Waals surface area contributed by atoms with E-state index >= 15 is 0 Å². The SMILES string of the molecule is O=C1C[C@@]2(C(=O)Nc3ccc(F)cc32)c2cn[nH]c2N1. The van der Waals surface area contributed by atoms with Gasteiger partial charge in [-0.3, -0.25) is 14.7 Å². The number of aromatic amines is 1. The van der Waals surface area contributed by atoms with E-state index in [0.29, 0.717) is 22.6 Å². The van der Waals surface area contributed by atoms with Gasteiger partial charge in [0.25, 0.3) is 0 Å². The van der Waals surface area contributed by atoms with Crippen LogP contribution in [0.25, 0.3) is 0 Å². The highest BCUT2D eigenvalue weighted by molar-refractivity contribution is 6.14. The molecule has 0 saturated carbocycles. The third-order valence-corrected chi connectivity index (χ3v) is 3.87. The number of nitrogens with zero attached hydrogens (tertiary/aromatic N) is 1. The number of carbonyl (C=O) groups is 2. The number of carbonyl (C=O) groups excluding carboxylic acids is 2. The van der Waals surface area contributed by atoms with Gasteiger partial charge >= 0.3 is 0 Å². The first-order chi connectivity index (χ1) is 9.61. The summed E-state index contributed by atoms with van der Waals surface area (Å²) in [6, 6.07) is 4.07. The van der Waals surface area contributed by atoms with Gasteiger partial charge in [0.1, 0.15) is 17.1 Å². The standard InChI is InChI=1S/C13H9FN4O2/c14-6-1-2-9-7(3-6)13(12(20)16-9)4-10(19)17-11-8(13)5-15-18-11/h1-3,5H,4H2,(H,16,20)(H2,15,17,18,19)/t13-/m0/s1. The highest BCUT2D eigenvalue weighted by Crippen LogP contribution is 2.49. The highest BCUT2D eigenvalue weighted by atomic mass is 19.1. The topological polar surface area (TPSA) is 86.9 Å². The molecular formula is C13H9FN4O2. The maximum Gasteiger partial charge on any atom is 0.240 e. The van der Waals surface area contributed by atoms with Crippen LogP contribution in [0, 0.1) is 5.82 Å². The minimum atomic E-state index is -1.21. The van der Waals surface area contributed by atoms with Crippen LogP contribution in [0.3, 0.4) is 0 Å². The predicted octanol–water partition coefficient (Wildman–Crippen LogP) is 1.13. The van der Waals surface area contributed by atoms with Crippen molar-refractivity contribution in [2.24, 2.45) is 0 Å². The van der Waals surface area contributed by atoms with Crippen LogP contribution in [0.4, 0.5) is 15.9 Å². The third-order valence-electron chi connectivity index (χ3n) is 3.87. The number of benzene rings is 1. The van der Waals surface area contributed by atoms with Crippen LogP contribution in [0.2, 0.25) is 0 Å². The Bertz CT molecular complexity index is 769. The molecule has 20 heavy (non-hydrogen) atoms. The lowest BCUT2D eigenvalue weighted by molar-refractivity contribution is -0.125. The molecule has 6 nitrogen and oxygen atoms in total. The Hall–Kier alpha value is -2.70. The van der Waals surface area contributed by atoms with Crippen LogP contribution < -0.4 is 10.6 Å². The third kappa shape index (κ3) is 1.19. The molecule has 3 heterocycles. The summed E-state index contributed by atoms with van der Waals surface area (Å²) in [5, 5.41) is 11.9. The zero-order valence-corrected chi connectivity index (χ0v) is 10.2. The molecule has 2 amide bonds. The number of anilines is 2. The summed E-state index contributed by atoms with van der Waals surface area (Å²) in [4.78, 5) is 24.4. The van der Waals surface area contributed by atoms with Gasteiger partial charge in [-0.2, -0.15) is 5.10 Å². The lowest BCUT2D eigenvalue weighted by Gasteiger charge is -2.30. The van der Waals surface area contributed by atoms with Crippen molar-refractivity contribution in [2.45, 2.75) is 11.8 Å². The summed E-state index contributed by atoms with van der Waals surface area (Å²) in [7, 11) is 0. The molecule has 2 aliphatic heterocycles. The molecule has 0 bridgehead atoms. The fourth-order valence-electron chi connectivity index (χ4n) is 3.00. The van der Waals surface area contributed by atoms with E-state index in [-0.39, 0.29) is 18.2 Å². The van der Waals surface area contributed by atoms with Gasteiger partial charge in [-0.25, -0.2) is 4.39 Å². The molecule has 3 N–H and O–H groups in total. The van der Waals surface area contributed by atoms with Crippen LogP contribution in [0.15, 0.2) is 24.4 Å². The second-order valence-corrected chi connectivity index (χ2v) is 4.93. The molecule has 0 fully saturated rings. The summed E-state index contributed by atoms with van der Waals surface area (Å²) in [6.45, 7) is 0. The number of hydrogen-bond donors (Lipinski definition) is 3. The number of H-pyrrole nitrogens is 1. The van der Waals surface area contributed by atoms with Gasteiger partial charge < -0.3 is 10.6 Å². The maximum absolute atomic E-state index is 13.6. The van der Waals surface area contributed by atoms with Crippen molar-refractivity contribution in [2.75, 3.05) is 10.6 Å². The maximum atomic E-state index is 13.6. The Labute approximate surface area is 112 Å². The molecule has 100 valence electrons. The summed E-state index contributed by atoms with van der Waals surface area (Å²) >= 11 is 0. The van der Waals surface area contributed by atoms with Gasteiger partial charge in [0.05, 0.1) is 6.20 Å². The van der Waals surface area contributed by atoms with Crippen LogP contribution in [-0.2, 0) is 15.0 Å². The van der Waals surface area contributed by atoms with Gasteiger partial charge in [-0.05, 0) is 23.8 Å². The van der Waals surface area contributed by atoms with Crippen molar-refractivity contribution in [1.82, 2.24) is 10.2 Å². The normalized spacial score (nSPS) is 23.2. The largest absolute Gasteiger partial charge is 0.325 e. The van der Waals surface area contributed by atoms with Gasteiger partial charge in [-0.1, -0.05) is 0 Å². The lowest BCUT2D eigenvalue weighted by atomic mass is 9.72. The molecule has 1 atom stereocenters. The molecule has 2 aromatic rings. The van der Waals surface area contributed by atoms with Crippen molar-refractivity contribution in [3.05, 3.63) is 41.3 Å². The van der Waals surface area contributed by atoms with E-state index in [1.807, 2.05) is 0 Å². The highest BCUT2D eigenvalue weighted by Gasteiger charge is 2.53. The van der Waals surface area contributed by atoms with E-state index in [0.717, 1.165) is 0 Å². The van der Waals surface area contributed by atoms with E-state index in [2.05, 4.69) is 20.8 Å². The van der Waals surface area contributed by atoms with E-state index in [4.69, 9.17) is 0 Å². The van der Waals surface area contributed by atoms with Gasteiger partial charge in [-0.15, -0.1) is 0 Å². The van der Waals surface area contributed by atoms with Gasteiger partial charge in [0.15, 0.2) is 0 Å². The lowest BCUT2D eigenvalue weighted by Crippen LogP contribution is -2.43. The summed E-state index contributed by atoms with van der Waals surface area (Å²) < 4.78 is 13.6. The van der Waals surface area contributed by atoms with Crippen molar-refractivity contribution >= 4 is 23.3 Å². The molecule has 7 heteroatoms. The average Bonchev–Trinajstić information content (AvgIpc) is 2.96. The zero-order chi connectivity index (χ0) is 13.9. The summed E-state index contributed by atoms with van der Waals surface area (Å²) in [6.07, 6.45) is 1.43. The van der Waals surface area contributed by atoms with E-state index in [1.165, 1.54) is 24.4 Å². The monoisotopic (exact) mass is 272 g/mol. The molecule has 0 radical (unpaired) electrons.